The smallest absolute Gasteiger partial charge is 0.263 e. The first kappa shape index (κ1) is 21.3. The molecule has 0 aliphatic heterocycles. The molecule has 0 heterocycles. The van der Waals surface area contributed by atoms with E-state index in [1.165, 1.54) is 19.1 Å². The lowest BCUT2D eigenvalue weighted by Crippen LogP contribution is -2.51. The van der Waals surface area contributed by atoms with E-state index in [0.717, 1.165) is 4.90 Å². The molecule has 0 spiro atoms. The normalized spacial score (nSPS) is 13.0. The van der Waals surface area contributed by atoms with Crippen LogP contribution < -0.4 is 16.8 Å². The highest BCUT2D eigenvalue weighted by molar-refractivity contribution is 6.09. The van der Waals surface area contributed by atoms with Crippen LogP contribution in [0.25, 0.3) is 0 Å². The quantitative estimate of drug-likeness (QED) is 0.450. The number of imide groups is 1. The van der Waals surface area contributed by atoms with Crippen molar-refractivity contribution in [3.8, 4) is 0 Å². The summed E-state index contributed by atoms with van der Waals surface area (Å²) in [6.07, 6.45) is 0.858. The molecule has 0 aliphatic carbocycles. The van der Waals surface area contributed by atoms with E-state index in [1.807, 2.05) is 13.8 Å². The Bertz CT molecular complexity index is 673. The molecular weight excluding hydrogens is 336 g/mol. The van der Waals surface area contributed by atoms with Gasteiger partial charge in [0, 0.05) is 5.69 Å². The van der Waals surface area contributed by atoms with Crippen molar-refractivity contribution >= 4 is 29.7 Å². The first-order valence-electron chi connectivity index (χ1n) is 8.38. The van der Waals surface area contributed by atoms with E-state index < -0.39 is 36.3 Å². The molecule has 1 aromatic rings. The van der Waals surface area contributed by atoms with E-state index in [9.17, 15) is 19.2 Å². The number of nitrogens with one attached hydrogen (secondary N) is 1. The largest absolute Gasteiger partial charge is 0.398 e. The number of amides is 3. The zero-order valence-corrected chi connectivity index (χ0v) is 15.3. The van der Waals surface area contributed by atoms with Gasteiger partial charge in [0.25, 0.3) is 5.91 Å². The van der Waals surface area contributed by atoms with Crippen LogP contribution in [-0.4, -0.2) is 47.5 Å². The molecule has 0 radical (unpaired) electrons. The highest BCUT2D eigenvalue weighted by Crippen LogP contribution is 2.18. The first-order chi connectivity index (χ1) is 12.2. The van der Waals surface area contributed by atoms with E-state index in [2.05, 4.69) is 5.32 Å². The third kappa shape index (κ3) is 5.66. The summed E-state index contributed by atoms with van der Waals surface area (Å²) in [5.41, 5.74) is 11.6. The summed E-state index contributed by atoms with van der Waals surface area (Å²) < 4.78 is 0. The van der Waals surface area contributed by atoms with Gasteiger partial charge in [-0.05, 0) is 31.4 Å². The zero-order chi connectivity index (χ0) is 19.9. The molecule has 0 aromatic heterocycles. The van der Waals surface area contributed by atoms with Crippen molar-refractivity contribution in [1.29, 1.82) is 0 Å². The minimum atomic E-state index is -0.957. The van der Waals surface area contributed by atoms with Gasteiger partial charge in [0.2, 0.25) is 11.8 Å². The predicted octanol–water partition coefficient (Wildman–Crippen LogP) is 0.315. The summed E-state index contributed by atoms with van der Waals surface area (Å²) in [5, 5.41) is 2.36. The minimum Gasteiger partial charge on any atom is -0.398 e. The molecule has 1 aromatic carbocycles. The van der Waals surface area contributed by atoms with Crippen LogP contribution in [0.1, 0.15) is 37.6 Å². The Labute approximate surface area is 152 Å². The molecule has 142 valence electrons. The molecule has 1 rings (SSSR count). The van der Waals surface area contributed by atoms with Crippen molar-refractivity contribution in [1.82, 2.24) is 10.2 Å². The molecular formula is C18H26N4O4. The molecule has 0 fully saturated rings. The molecule has 0 aliphatic rings. The van der Waals surface area contributed by atoms with Gasteiger partial charge in [0.1, 0.15) is 6.29 Å². The van der Waals surface area contributed by atoms with Gasteiger partial charge in [0.05, 0.1) is 24.2 Å². The van der Waals surface area contributed by atoms with Gasteiger partial charge in [-0.2, -0.15) is 0 Å². The number of hydrogen-bond acceptors (Lipinski definition) is 6. The lowest BCUT2D eigenvalue weighted by Gasteiger charge is -2.28. The highest BCUT2D eigenvalue weighted by Gasteiger charge is 2.32. The maximum Gasteiger partial charge on any atom is 0.263 e. The average molecular weight is 362 g/mol. The maximum absolute atomic E-state index is 12.9. The van der Waals surface area contributed by atoms with Crippen LogP contribution >= 0.6 is 0 Å². The molecule has 2 atom stereocenters. The molecule has 3 amide bonds. The van der Waals surface area contributed by atoms with Crippen LogP contribution in [0.3, 0.4) is 0 Å². The van der Waals surface area contributed by atoms with Crippen molar-refractivity contribution in [2.75, 3.05) is 12.3 Å². The molecule has 8 nitrogen and oxygen atoms in total. The van der Waals surface area contributed by atoms with Gasteiger partial charge in [-0.3, -0.25) is 19.3 Å². The maximum atomic E-state index is 12.9. The van der Waals surface area contributed by atoms with Crippen LogP contribution in [0, 0.1) is 5.92 Å². The number of carbonyl (C=O) groups is 4. The van der Waals surface area contributed by atoms with E-state index in [-0.39, 0.29) is 17.2 Å². The van der Waals surface area contributed by atoms with Gasteiger partial charge >= 0.3 is 0 Å². The second-order valence-corrected chi connectivity index (χ2v) is 6.50. The molecule has 0 saturated heterocycles. The van der Waals surface area contributed by atoms with Crippen LogP contribution in [0.4, 0.5) is 5.69 Å². The summed E-state index contributed by atoms with van der Waals surface area (Å²) in [6.45, 7) is 4.78. The summed E-state index contributed by atoms with van der Waals surface area (Å²) in [5.74, 6) is -1.84. The number of nitrogen functional groups attached to an aromatic ring is 1. The summed E-state index contributed by atoms with van der Waals surface area (Å²) in [7, 11) is 0. The molecule has 0 saturated carbocycles. The molecule has 8 heteroatoms. The fourth-order valence-electron chi connectivity index (χ4n) is 2.38. The standard InChI is InChI=1S/C18H26N4O4/c1-11(2)8-13(10-23)22(16(24)9-21-17(25)12(3)19)18(26)14-6-4-5-7-15(14)20/h4-7,10-13H,8-9,19-20H2,1-3H3,(H,21,25)/t12-,13-/m0/s1. The zero-order valence-electron chi connectivity index (χ0n) is 15.3. The number of para-hydroxylation sites is 1. The van der Waals surface area contributed by atoms with Gasteiger partial charge in [-0.15, -0.1) is 0 Å². The van der Waals surface area contributed by atoms with Crippen molar-refractivity contribution < 1.29 is 19.2 Å². The Balaban J connectivity index is 3.14. The number of benzene rings is 1. The second-order valence-electron chi connectivity index (χ2n) is 6.50. The average Bonchev–Trinajstić information content (AvgIpc) is 2.58. The number of rotatable bonds is 8. The summed E-state index contributed by atoms with van der Waals surface area (Å²) in [6, 6.07) is 4.53. The number of nitrogens with zero attached hydrogens (tertiary/aromatic N) is 1. The van der Waals surface area contributed by atoms with Crippen molar-refractivity contribution in [2.24, 2.45) is 11.7 Å². The van der Waals surface area contributed by atoms with Crippen molar-refractivity contribution in [3.05, 3.63) is 29.8 Å². The van der Waals surface area contributed by atoms with Crippen molar-refractivity contribution in [2.45, 2.75) is 39.3 Å². The van der Waals surface area contributed by atoms with Gasteiger partial charge < -0.3 is 21.6 Å². The van der Waals surface area contributed by atoms with Gasteiger partial charge in [0.15, 0.2) is 0 Å². The molecule has 26 heavy (non-hydrogen) atoms. The van der Waals surface area contributed by atoms with Crippen molar-refractivity contribution in [3.63, 3.8) is 0 Å². The summed E-state index contributed by atoms with van der Waals surface area (Å²) in [4.78, 5) is 49.6. The van der Waals surface area contributed by atoms with E-state index in [0.29, 0.717) is 12.7 Å². The summed E-state index contributed by atoms with van der Waals surface area (Å²) >= 11 is 0. The van der Waals surface area contributed by atoms with Crippen LogP contribution in [0.15, 0.2) is 24.3 Å². The van der Waals surface area contributed by atoms with Gasteiger partial charge in [-0.25, -0.2) is 0 Å². The van der Waals surface area contributed by atoms with Crippen LogP contribution in [0.5, 0.6) is 0 Å². The van der Waals surface area contributed by atoms with Crippen LogP contribution in [0.2, 0.25) is 0 Å². The Morgan fingerprint density at radius 2 is 1.81 bits per heavy atom. The third-order valence-corrected chi connectivity index (χ3v) is 3.71. The lowest BCUT2D eigenvalue weighted by molar-refractivity contribution is -0.134. The predicted molar refractivity (Wildman–Crippen MR) is 98.0 cm³/mol. The molecule has 5 N–H and O–H groups in total. The molecule has 0 bridgehead atoms. The number of carbonyl (C=O) groups excluding carboxylic acids is 4. The fraction of sp³-hybridized carbons (Fsp3) is 0.444. The fourth-order valence-corrected chi connectivity index (χ4v) is 2.38. The SMILES string of the molecule is CC(C)C[C@@H](C=O)N(C(=O)CNC(=O)[C@H](C)N)C(=O)c1ccccc1N. The highest BCUT2D eigenvalue weighted by atomic mass is 16.2. The number of hydrogen-bond donors (Lipinski definition) is 3. The Hall–Kier alpha value is -2.74. The monoisotopic (exact) mass is 362 g/mol. The van der Waals surface area contributed by atoms with Gasteiger partial charge in [-0.1, -0.05) is 26.0 Å². The lowest BCUT2D eigenvalue weighted by atomic mass is 10.0. The number of anilines is 1. The third-order valence-electron chi connectivity index (χ3n) is 3.71. The Morgan fingerprint density at radius 1 is 1.19 bits per heavy atom. The minimum absolute atomic E-state index is 0.0695. The topological polar surface area (TPSA) is 136 Å². The molecule has 0 unspecified atom stereocenters. The number of nitrogens with two attached hydrogens (primary N) is 2. The second kappa shape index (κ2) is 9.67. The Morgan fingerprint density at radius 3 is 2.31 bits per heavy atom. The van der Waals surface area contributed by atoms with E-state index in [1.54, 1.807) is 12.1 Å². The number of aldehydes is 1. The van der Waals surface area contributed by atoms with E-state index in [4.69, 9.17) is 11.5 Å². The first-order valence-corrected chi connectivity index (χ1v) is 8.38. The Kier molecular flexibility index (Phi) is 7.92. The van der Waals surface area contributed by atoms with E-state index >= 15 is 0 Å². The van der Waals surface area contributed by atoms with Crippen LogP contribution in [-0.2, 0) is 14.4 Å².